The van der Waals surface area contributed by atoms with Crippen LogP contribution >= 0.6 is 0 Å². The Labute approximate surface area is 453 Å². The summed E-state index contributed by atoms with van der Waals surface area (Å²) in [6, 6.07) is 98.4. The molecule has 13 aromatic carbocycles. The monoisotopic (exact) mass is 1010 g/mol. The largest absolute Gasteiger partial charge is 0.453 e. The lowest BCUT2D eigenvalue weighted by Gasteiger charge is -2.26. The number of anilines is 6. The van der Waals surface area contributed by atoms with Crippen molar-refractivity contribution >= 4 is 138 Å². The van der Waals surface area contributed by atoms with Crippen molar-refractivity contribution in [1.29, 1.82) is 0 Å². The number of furan rings is 2. The summed E-state index contributed by atoms with van der Waals surface area (Å²) >= 11 is 0. The summed E-state index contributed by atoms with van der Waals surface area (Å²) in [5.41, 5.74) is 17.6. The van der Waals surface area contributed by atoms with Crippen LogP contribution in [0, 0.1) is 0 Å². The maximum Gasteiger partial charge on any atom is 0.159 e. The Bertz CT molecular complexity index is 4930. The Morgan fingerprint density at radius 2 is 0.633 bits per heavy atom. The second-order valence-corrected chi connectivity index (χ2v) is 20.8. The van der Waals surface area contributed by atoms with Crippen molar-refractivity contribution in [3.05, 3.63) is 273 Å². The normalized spacial score (nSPS) is 12.1. The molecule has 0 aliphatic rings. The molecule has 0 fully saturated rings. The molecule has 0 radical (unpaired) electrons. The molecule has 0 bridgehead atoms. The van der Waals surface area contributed by atoms with Gasteiger partial charge in [-0.15, -0.1) is 0 Å². The van der Waals surface area contributed by atoms with Gasteiger partial charge in [0.25, 0.3) is 0 Å². The summed E-state index contributed by atoms with van der Waals surface area (Å²) in [7, 11) is 0. The fraction of sp³-hybridized carbons (Fsp3) is 0. The van der Waals surface area contributed by atoms with Gasteiger partial charge in [0.05, 0.1) is 27.9 Å². The third-order valence-corrected chi connectivity index (χ3v) is 16.4. The van der Waals surface area contributed by atoms with Crippen LogP contribution in [0.2, 0.25) is 0 Å². The molecule has 0 saturated heterocycles. The van der Waals surface area contributed by atoms with Gasteiger partial charge in [0.2, 0.25) is 0 Å². The van der Waals surface area contributed by atoms with Gasteiger partial charge in [0, 0.05) is 77.0 Å². The van der Waals surface area contributed by atoms with Crippen molar-refractivity contribution in [3.8, 4) is 22.3 Å². The van der Waals surface area contributed by atoms with Crippen LogP contribution in [0.3, 0.4) is 0 Å². The van der Waals surface area contributed by atoms with Crippen LogP contribution in [0.4, 0.5) is 34.1 Å². The number of fused-ring (bicyclic) bond motifs is 14. The number of aromatic nitrogens is 1. The lowest BCUT2D eigenvalue weighted by Crippen LogP contribution is -2.10. The predicted molar refractivity (Wildman–Crippen MR) is 331 cm³/mol. The minimum absolute atomic E-state index is 0.849. The van der Waals surface area contributed by atoms with Crippen molar-refractivity contribution in [2.75, 3.05) is 9.80 Å². The summed E-state index contributed by atoms with van der Waals surface area (Å²) in [6.45, 7) is 0. The first-order valence-corrected chi connectivity index (χ1v) is 27.0. The van der Waals surface area contributed by atoms with E-state index < -0.39 is 0 Å². The Morgan fingerprint density at radius 1 is 0.253 bits per heavy atom. The number of hydrogen-bond acceptors (Lipinski definition) is 4. The minimum atomic E-state index is 0.849. The highest BCUT2D eigenvalue weighted by Crippen LogP contribution is 2.48. The Hall–Kier alpha value is -10.6. The summed E-state index contributed by atoms with van der Waals surface area (Å²) in [4.78, 5) is 4.69. The molecule has 79 heavy (non-hydrogen) atoms. The smallest absolute Gasteiger partial charge is 0.159 e. The molecule has 5 heteroatoms. The SMILES string of the molecule is c1ccc(-c2cccc3c2oc2c(N(c4ccccc4)c4ccc5cc6c7cccc8c9cc%10ccc(N(c%11ccccc%11)c%11cccc%12c%11oc%11c(-c%13ccccc%13)cccc%11%12)cc%10cc9n(c6cc5c4)c78)cccc23)cc1. The predicted octanol–water partition coefficient (Wildman–Crippen LogP) is 21.2. The van der Waals surface area contributed by atoms with E-state index in [1.54, 1.807) is 0 Å². The summed E-state index contributed by atoms with van der Waals surface area (Å²) in [5.74, 6) is 0. The zero-order valence-electron chi connectivity index (χ0n) is 42.6. The van der Waals surface area contributed by atoms with Crippen LogP contribution in [0.15, 0.2) is 282 Å². The van der Waals surface area contributed by atoms with Gasteiger partial charge >= 0.3 is 0 Å². The van der Waals surface area contributed by atoms with E-state index in [4.69, 9.17) is 8.83 Å². The van der Waals surface area contributed by atoms with Gasteiger partial charge < -0.3 is 23.0 Å². The van der Waals surface area contributed by atoms with Gasteiger partial charge in [0.15, 0.2) is 11.2 Å². The molecule has 0 aliphatic carbocycles. The molecule has 0 amide bonds. The average molecular weight is 1010 g/mol. The van der Waals surface area contributed by atoms with E-state index in [1.807, 2.05) is 0 Å². The maximum absolute atomic E-state index is 7.03. The van der Waals surface area contributed by atoms with Crippen LogP contribution in [0.5, 0.6) is 0 Å². The lowest BCUT2D eigenvalue weighted by molar-refractivity contribution is 0.670. The number of para-hydroxylation sites is 7. The number of hydrogen-bond donors (Lipinski definition) is 0. The maximum atomic E-state index is 7.03. The van der Waals surface area contributed by atoms with E-state index in [1.165, 1.54) is 48.9 Å². The van der Waals surface area contributed by atoms with Crippen LogP contribution in [0.25, 0.3) is 126 Å². The van der Waals surface area contributed by atoms with Crippen molar-refractivity contribution in [3.63, 3.8) is 0 Å². The summed E-state index contributed by atoms with van der Waals surface area (Å²) in [6.07, 6.45) is 0. The second-order valence-electron chi connectivity index (χ2n) is 20.8. The van der Waals surface area contributed by atoms with E-state index in [0.29, 0.717) is 0 Å². The van der Waals surface area contributed by atoms with E-state index in [9.17, 15) is 0 Å². The number of benzene rings is 13. The first kappa shape index (κ1) is 43.6. The second kappa shape index (κ2) is 16.9. The van der Waals surface area contributed by atoms with E-state index >= 15 is 0 Å². The highest BCUT2D eigenvalue weighted by molar-refractivity contribution is 6.26. The van der Waals surface area contributed by atoms with Crippen LogP contribution in [-0.4, -0.2) is 4.40 Å². The van der Waals surface area contributed by atoms with Crippen molar-refractivity contribution in [2.45, 2.75) is 0 Å². The number of nitrogens with zero attached hydrogens (tertiary/aromatic N) is 3. The molecule has 17 rings (SSSR count). The molecule has 17 aromatic rings. The third kappa shape index (κ3) is 6.57. The quantitative estimate of drug-likeness (QED) is 0.152. The van der Waals surface area contributed by atoms with Gasteiger partial charge in [-0.3, -0.25) is 0 Å². The Morgan fingerprint density at radius 3 is 1.08 bits per heavy atom. The number of rotatable bonds is 8. The molecule has 4 heterocycles. The molecule has 0 spiro atoms. The molecule has 0 aliphatic heterocycles. The Balaban J connectivity index is 0.840. The van der Waals surface area contributed by atoms with Gasteiger partial charge in [-0.05, 0) is 118 Å². The highest BCUT2D eigenvalue weighted by atomic mass is 16.3. The fourth-order valence-corrected chi connectivity index (χ4v) is 12.9. The zero-order valence-corrected chi connectivity index (χ0v) is 42.6. The molecule has 4 aromatic heterocycles. The van der Waals surface area contributed by atoms with Crippen LogP contribution in [-0.2, 0) is 0 Å². The lowest BCUT2D eigenvalue weighted by atomic mass is 10.0. The first-order chi connectivity index (χ1) is 39.2. The van der Waals surface area contributed by atoms with Crippen molar-refractivity contribution < 1.29 is 8.83 Å². The molecule has 5 nitrogen and oxygen atoms in total. The van der Waals surface area contributed by atoms with Gasteiger partial charge in [-0.1, -0.05) is 188 Å². The first-order valence-electron chi connectivity index (χ1n) is 27.0. The highest BCUT2D eigenvalue weighted by Gasteiger charge is 2.25. The minimum Gasteiger partial charge on any atom is -0.453 e. The molecule has 0 saturated carbocycles. The van der Waals surface area contributed by atoms with Gasteiger partial charge in [-0.25, -0.2) is 0 Å². The van der Waals surface area contributed by atoms with E-state index in [0.717, 1.165) is 111 Å². The molecule has 0 unspecified atom stereocenters. The van der Waals surface area contributed by atoms with Crippen LogP contribution < -0.4 is 9.80 Å². The summed E-state index contributed by atoms with van der Waals surface area (Å²) in [5, 5.41) is 14.0. The molecular weight excluding hydrogens is 963 g/mol. The molecular formula is C74H45N3O2. The molecule has 0 atom stereocenters. The average Bonchev–Trinajstić information content (AvgIpc) is 3.84. The molecule has 368 valence electrons. The zero-order chi connectivity index (χ0) is 51.7. The van der Waals surface area contributed by atoms with Gasteiger partial charge in [0.1, 0.15) is 11.2 Å². The van der Waals surface area contributed by atoms with E-state index in [-0.39, 0.29) is 0 Å². The van der Waals surface area contributed by atoms with Gasteiger partial charge in [-0.2, -0.15) is 0 Å². The third-order valence-electron chi connectivity index (χ3n) is 16.4. The molecule has 0 N–H and O–H groups in total. The van der Waals surface area contributed by atoms with Crippen molar-refractivity contribution in [1.82, 2.24) is 4.40 Å². The van der Waals surface area contributed by atoms with Crippen LogP contribution in [0.1, 0.15) is 0 Å². The van der Waals surface area contributed by atoms with Crippen molar-refractivity contribution in [2.24, 2.45) is 0 Å². The topological polar surface area (TPSA) is 37.2 Å². The fourth-order valence-electron chi connectivity index (χ4n) is 12.9. The Kier molecular flexibility index (Phi) is 9.35. The summed E-state index contributed by atoms with van der Waals surface area (Å²) < 4.78 is 16.6. The van der Waals surface area contributed by atoms with E-state index in [2.05, 4.69) is 287 Å². The standard InChI is InChI=1S/C74H45N3O2/c1-5-18-46(19-6-1)56-26-13-30-60-62-32-16-34-66(73(62)78-71(56)60)75(52-22-9-3-10-23-52)54-38-36-48-42-64-58-28-15-29-59-65-43-49-37-39-55(41-51(49)45-69(65)77(70(58)59)68(64)44-50(48)40-54)76(53-24-11-4-12-25-53)67-35-17-33-63-61-31-14-27-57(72(61)79-74(63)67)47-20-7-2-8-21-47/h1-45H.